The van der Waals surface area contributed by atoms with Crippen molar-refractivity contribution in [2.45, 2.75) is 19.6 Å². The van der Waals surface area contributed by atoms with Crippen LogP contribution in [0.4, 0.5) is 35.5 Å². The standard InChI is InChI=1S/C14H16F3N5O2S2/c1-3-22(4-2)10-5-6-11(19-20-14-18-7-8-25-14)12(9-10)21-26(23,24-17)13(15)16/h5-9,13H,3-4H2,1-2H3. The fourth-order valence-electron chi connectivity index (χ4n) is 2.04. The van der Waals surface area contributed by atoms with Crippen molar-refractivity contribution in [3.05, 3.63) is 29.8 Å². The van der Waals surface area contributed by atoms with Gasteiger partial charge in [0.1, 0.15) is 11.4 Å². The first-order chi connectivity index (χ1) is 12.4. The van der Waals surface area contributed by atoms with Crippen LogP contribution in [0.15, 0.2) is 44.4 Å². The molecule has 0 aliphatic rings. The summed E-state index contributed by atoms with van der Waals surface area (Å²) in [5.41, 5.74) is 0.427. The van der Waals surface area contributed by atoms with Crippen molar-refractivity contribution in [2.75, 3.05) is 18.0 Å². The Labute approximate surface area is 152 Å². The van der Waals surface area contributed by atoms with E-state index in [9.17, 15) is 17.5 Å². The molecular weight excluding hydrogens is 391 g/mol. The Hall–Kier alpha value is -2.05. The highest BCUT2D eigenvalue weighted by Gasteiger charge is 2.25. The van der Waals surface area contributed by atoms with Crippen LogP contribution in [-0.4, -0.2) is 28.0 Å². The molecule has 2 aromatic rings. The summed E-state index contributed by atoms with van der Waals surface area (Å²) in [5.74, 6) is -3.63. The predicted octanol–water partition coefficient (Wildman–Crippen LogP) is 5.54. The lowest BCUT2D eigenvalue weighted by atomic mass is 10.2. The van der Waals surface area contributed by atoms with Crippen molar-refractivity contribution < 1.29 is 21.9 Å². The first-order valence-corrected chi connectivity index (χ1v) is 9.86. The van der Waals surface area contributed by atoms with Crippen molar-refractivity contribution in [2.24, 2.45) is 14.6 Å². The minimum Gasteiger partial charge on any atom is -0.372 e. The van der Waals surface area contributed by atoms with Crippen molar-refractivity contribution >= 4 is 43.5 Å². The van der Waals surface area contributed by atoms with E-state index >= 15 is 0 Å². The molecule has 0 aliphatic heterocycles. The quantitative estimate of drug-likeness (QED) is 0.538. The molecule has 12 heteroatoms. The topological polar surface area (TPSA) is 79.5 Å². The molecule has 0 fully saturated rings. The third-order valence-corrected chi connectivity index (χ3v) is 5.03. The van der Waals surface area contributed by atoms with E-state index in [0.717, 1.165) is 0 Å². The van der Waals surface area contributed by atoms with E-state index in [1.807, 2.05) is 18.7 Å². The highest BCUT2D eigenvalue weighted by Crippen LogP contribution is 2.36. The summed E-state index contributed by atoms with van der Waals surface area (Å²) in [6, 6.07) is 4.53. The zero-order chi connectivity index (χ0) is 19.2. The predicted molar refractivity (Wildman–Crippen MR) is 94.7 cm³/mol. The van der Waals surface area contributed by atoms with Gasteiger partial charge in [-0.1, -0.05) is 4.39 Å². The molecule has 0 bridgehead atoms. The van der Waals surface area contributed by atoms with E-state index in [-0.39, 0.29) is 11.4 Å². The molecular formula is C14H16F3N5O2S2. The summed E-state index contributed by atoms with van der Waals surface area (Å²) in [6.45, 7) is 5.09. The lowest BCUT2D eigenvalue weighted by Gasteiger charge is -2.21. The smallest absolute Gasteiger partial charge is 0.345 e. The van der Waals surface area contributed by atoms with E-state index in [0.29, 0.717) is 23.9 Å². The fourth-order valence-corrected chi connectivity index (χ4v) is 3.07. The number of anilines is 1. The van der Waals surface area contributed by atoms with Crippen LogP contribution in [0.25, 0.3) is 0 Å². The lowest BCUT2D eigenvalue weighted by molar-refractivity contribution is -0.000950. The maximum absolute atomic E-state index is 12.9. The molecule has 0 saturated heterocycles. The molecule has 0 radical (unpaired) electrons. The first-order valence-electron chi connectivity index (χ1n) is 7.48. The van der Waals surface area contributed by atoms with Crippen LogP contribution < -0.4 is 4.90 Å². The van der Waals surface area contributed by atoms with Crippen molar-refractivity contribution in [1.29, 1.82) is 0 Å². The second-order valence-electron chi connectivity index (χ2n) is 4.79. The number of benzene rings is 1. The average molecular weight is 407 g/mol. The number of nitrogens with zero attached hydrogens (tertiary/aromatic N) is 5. The van der Waals surface area contributed by atoms with Crippen LogP contribution in [0.3, 0.4) is 0 Å². The Bertz CT molecular complexity index is 863. The molecule has 0 spiro atoms. The number of thiazole rings is 1. The van der Waals surface area contributed by atoms with Gasteiger partial charge in [0.2, 0.25) is 5.13 Å². The Balaban J connectivity index is 2.57. The van der Waals surface area contributed by atoms with Crippen LogP contribution >= 0.6 is 11.3 Å². The third-order valence-electron chi connectivity index (χ3n) is 3.29. The summed E-state index contributed by atoms with van der Waals surface area (Å²) in [6.07, 6.45) is 1.52. The van der Waals surface area contributed by atoms with Gasteiger partial charge in [-0.3, -0.25) is 0 Å². The Kier molecular flexibility index (Phi) is 7.06. The molecule has 1 atom stereocenters. The number of alkyl halides is 2. The van der Waals surface area contributed by atoms with E-state index in [4.69, 9.17) is 0 Å². The Morgan fingerprint density at radius 3 is 2.54 bits per heavy atom. The summed E-state index contributed by atoms with van der Waals surface area (Å²) >= 11 is 1.21. The number of hydrogen-bond acceptors (Lipinski definition) is 8. The molecule has 1 aromatic heterocycles. The normalized spacial score (nSPS) is 13.9. The van der Waals surface area contributed by atoms with Crippen molar-refractivity contribution in [1.82, 2.24) is 4.98 Å². The zero-order valence-electron chi connectivity index (χ0n) is 13.9. The summed E-state index contributed by atoms with van der Waals surface area (Å²) in [5, 5.41) is 9.76. The molecule has 2 rings (SSSR count). The molecule has 7 nitrogen and oxygen atoms in total. The lowest BCUT2D eigenvalue weighted by Crippen LogP contribution is -2.21. The number of hydrogen-bond donors (Lipinski definition) is 0. The molecule has 1 heterocycles. The third kappa shape index (κ3) is 4.77. The molecule has 142 valence electrons. The first kappa shape index (κ1) is 20.3. The van der Waals surface area contributed by atoms with Crippen LogP contribution in [-0.2, 0) is 14.4 Å². The summed E-state index contributed by atoms with van der Waals surface area (Å²) in [4.78, 5) is 5.81. The van der Waals surface area contributed by atoms with Gasteiger partial charge in [-0.25, -0.2) is 9.19 Å². The molecule has 1 aromatic carbocycles. The number of halogens is 3. The summed E-state index contributed by atoms with van der Waals surface area (Å²) in [7, 11) is -4.86. The Morgan fingerprint density at radius 1 is 1.27 bits per heavy atom. The molecule has 0 N–H and O–H groups in total. The average Bonchev–Trinajstić information content (AvgIpc) is 3.15. The molecule has 1 unspecified atom stereocenters. The highest BCUT2D eigenvalue weighted by molar-refractivity contribution is 7.89. The van der Waals surface area contributed by atoms with Gasteiger partial charge in [-0.15, -0.1) is 21.6 Å². The van der Waals surface area contributed by atoms with Gasteiger partial charge in [0.25, 0.3) is 10.0 Å². The van der Waals surface area contributed by atoms with Crippen LogP contribution in [0, 0.1) is 0 Å². The minimum absolute atomic E-state index is 0.0292. The van der Waals surface area contributed by atoms with E-state index in [2.05, 4.69) is 24.0 Å². The highest BCUT2D eigenvalue weighted by atomic mass is 32.2. The SMILES string of the molecule is CCN(CC)c1ccc(N=Nc2nccs2)c(N=S(=O)(OF)C(F)F)c1. The van der Waals surface area contributed by atoms with Gasteiger partial charge in [0.15, 0.2) is 0 Å². The van der Waals surface area contributed by atoms with Gasteiger partial charge in [0.05, 0.1) is 0 Å². The Morgan fingerprint density at radius 2 is 2.00 bits per heavy atom. The maximum atomic E-state index is 12.9. The second-order valence-corrected chi connectivity index (χ2v) is 7.36. The van der Waals surface area contributed by atoms with Gasteiger partial charge in [0, 0.05) is 30.4 Å². The van der Waals surface area contributed by atoms with E-state index in [1.165, 1.54) is 29.7 Å². The van der Waals surface area contributed by atoms with Crippen LogP contribution in [0.5, 0.6) is 0 Å². The van der Waals surface area contributed by atoms with Gasteiger partial charge in [-0.05, 0) is 36.6 Å². The second kappa shape index (κ2) is 9.05. The molecule has 0 aliphatic carbocycles. The van der Waals surface area contributed by atoms with Gasteiger partial charge < -0.3 is 4.90 Å². The summed E-state index contributed by atoms with van der Waals surface area (Å²) < 4.78 is 56.4. The van der Waals surface area contributed by atoms with E-state index in [1.54, 1.807) is 11.4 Å². The van der Waals surface area contributed by atoms with E-state index < -0.39 is 15.8 Å². The van der Waals surface area contributed by atoms with Crippen LogP contribution in [0.1, 0.15) is 13.8 Å². The monoisotopic (exact) mass is 407 g/mol. The fraction of sp³-hybridized carbons (Fsp3) is 0.357. The minimum atomic E-state index is -4.86. The molecule has 0 saturated carbocycles. The van der Waals surface area contributed by atoms with Crippen molar-refractivity contribution in [3.8, 4) is 0 Å². The van der Waals surface area contributed by atoms with Crippen molar-refractivity contribution in [3.63, 3.8) is 0 Å². The number of azo groups is 1. The zero-order valence-corrected chi connectivity index (χ0v) is 15.5. The molecule has 26 heavy (non-hydrogen) atoms. The molecule has 0 amide bonds. The maximum Gasteiger partial charge on any atom is 0.345 e. The number of rotatable bonds is 8. The van der Waals surface area contributed by atoms with Crippen LogP contribution in [0.2, 0.25) is 0 Å². The van der Waals surface area contributed by atoms with Gasteiger partial charge in [-0.2, -0.15) is 13.1 Å². The largest absolute Gasteiger partial charge is 0.372 e. The number of aromatic nitrogens is 1. The van der Waals surface area contributed by atoms with Gasteiger partial charge >= 0.3 is 5.76 Å².